The standard InChI is InChI=1S/C22H23BF2I2N2/c1-10-11(2)13(4)21(14(5)12(10)3)22-19-8-17(26)15(6)28(19)23(24,25)29-16(7)18(27)9-20(22)29/h8-9H,1-7H3. The lowest BCUT2D eigenvalue weighted by atomic mass is 9.80. The molecule has 3 heterocycles. The summed E-state index contributed by atoms with van der Waals surface area (Å²) in [5.41, 5.74) is 10.5. The first kappa shape index (κ1) is 21.3. The summed E-state index contributed by atoms with van der Waals surface area (Å²) in [4.78, 5) is 0. The van der Waals surface area contributed by atoms with Gasteiger partial charge in [0.2, 0.25) is 0 Å². The molecule has 0 spiro atoms. The van der Waals surface area contributed by atoms with Gasteiger partial charge in [-0.15, -0.1) is 0 Å². The fourth-order valence-electron chi connectivity index (χ4n) is 4.74. The third-order valence-electron chi connectivity index (χ3n) is 6.84. The van der Waals surface area contributed by atoms with Crippen LogP contribution in [0.25, 0.3) is 5.57 Å². The number of rotatable bonds is 1. The number of hydrogen-bond acceptors (Lipinski definition) is 0. The first-order valence-corrected chi connectivity index (χ1v) is 11.8. The molecule has 0 bridgehead atoms. The average molecular weight is 618 g/mol. The highest BCUT2D eigenvalue weighted by atomic mass is 127. The molecule has 0 saturated carbocycles. The van der Waals surface area contributed by atoms with Gasteiger partial charge in [-0.25, -0.2) is 0 Å². The van der Waals surface area contributed by atoms with Crippen LogP contribution in [0, 0.1) is 45.1 Å². The van der Waals surface area contributed by atoms with Crippen LogP contribution < -0.4 is 0 Å². The number of benzene rings is 1. The molecule has 29 heavy (non-hydrogen) atoms. The highest BCUT2D eigenvalue weighted by Crippen LogP contribution is 2.45. The van der Waals surface area contributed by atoms with Crippen LogP contribution in [0.2, 0.25) is 0 Å². The molecular weight excluding hydrogens is 595 g/mol. The van der Waals surface area contributed by atoms with E-state index in [2.05, 4.69) is 79.8 Å². The van der Waals surface area contributed by atoms with Crippen LogP contribution in [-0.4, -0.2) is 21.6 Å². The van der Waals surface area contributed by atoms with Crippen LogP contribution in [0.15, 0.2) is 21.4 Å². The number of allylic oxidation sites excluding steroid dienone is 2. The monoisotopic (exact) mass is 618 g/mol. The van der Waals surface area contributed by atoms with E-state index in [4.69, 9.17) is 0 Å². The molecule has 2 aliphatic heterocycles. The summed E-state index contributed by atoms with van der Waals surface area (Å²) in [5.74, 6) is 0. The van der Waals surface area contributed by atoms with Gasteiger partial charge >= 0.3 is 6.97 Å². The minimum atomic E-state index is -3.95. The molecule has 1 aromatic heterocycles. The van der Waals surface area contributed by atoms with Gasteiger partial charge in [0.05, 0.1) is 9.15 Å². The van der Waals surface area contributed by atoms with E-state index in [1.165, 1.54) is 36.8 Å². The Morgan fingerprint density at radius 3 is 1.93 bits per heavy atom. The molecule has 2 aliphatic rings. The number of nitrogens with zero attached hydrogens (tertiary/aromatic N) is 2. The Labute approximate surface area is 198 Å². The van der Waals surface area contributed by atoms with E-state index >= 15 is 8.63 Å². The molecule has 1 aromatic carbocycles. The third-order valence-corrected chi connectivity index (χ3v) is 9.03. The van der Waals surface area contributed by atoms with Crippen molar-refractivity contribution in [1.29, 1.82) is 0 Å². The maximum atomic E-state index is 15.8. The van der Waals surface area contributed by atoms with E-state index in [0.29, 0.717) is 22.8 Å². The summed E-state index contributed by atoms with van der Waals surface area (Å²) in [7, 11) is 0. The SMILES string of the molecule is CC1=[N+]2C(=C(c3c(C)c(C)c(C)c(C)c3C)c3cc(I)c(C)n3[B-]2(F)F)C=C1I. The van der Waals surface area contributed by atoms with Crippen molar-refractivity contribution >= 4 is 63.4 Å². The molecule has 0 saturated heterocycles. The molecule has 0 N–H and O–H groups in total. The van der Waals surface area contributed by atoms with Crippen molar-refractivity contribution < 1.29 is 13.1 Å². The lowest BCUT2D eigenvalue weighted by Gasteiger charge is -2.34. The third kappa shape index (κ3) is 2.71. The van der Waals surface area contributed by atoms with Gasteiger partial charge in [0.25, 0.3) is 0 Å². The van der Waals surface area contributed by atoms with E-state index in [1.807, 2.05) is 12.1 Å². The van der Waals surface area contributed by atoms with Crippen molar-refractivity contribution in [2.24, 2.45) is 0 Å². The highest BCUT2D eigenvalue weighted by Gasteiger charge is 2.55. The van der Waals surface area contributed by atoms with Gasteiger partial charge < -0.3 is 17.6 Å². The molecule has 152 valence electrons. The van der Waals surface area contributed by atoms with Crippen LogP contribution in [0.1, 0.15) is 51.7 Å². The van der Waals surface area contributed by atoms with Gasteiger partial charge in [0, 0.05) is 22.3 Å². The zero-order valence-electron chi connectivity index (χ0n) is 17.6. The van der Waals surface area contributed by atoms with Crippen molar-refractivity contribution in [3.05, 3.63) is 69.8 Å². The van der Waals surface area contributed by atoms with E-state index in [-0.39, 0.29) is 0 Å². The lowest BCUT2D eigenvalue weighted by Crippen LogP contribution is -2.51. The van der Waals surface area contributed by atoms with Crippen LogP contribution >= 0.6 is 45.2 Å². The molecule has 0 amide bonds. The van der Waals surface area contributed by atoms with Gasteiger partial charge in [-0.3, -0.25) is 0 Å². The van der Waals surface area contributed by atoms with Crippen LogP contribution in [0.3, 0.4) is 0 Å². The normalized spacial score (nSPS) is 17.7. The van der Waals surface area contributed by atoms with Crippen LogP contribution in [0.4, 0.5) is 8.63 Å². The molecule has 4 rings (SSSR count). The first-order valence-electron chi connectivity index (χ1n) is 9.63. The Morgan fingerprint density at radius 1 is 0.862 bits per heavy atom. The van der Waals surface area contributed by atoms with Crippen molar-refractivity contribution in [3.63, 3.8) is 0 Å². The quantitative estimate of drug-likeness (QED) is 0.247. The fourth-order valence-corrected chi connectivity index (χ4v) is 5.85. The molecule has 0 radical (unpaired) electrons. The average Bonchev–Trinajstić information content (AvgIpc) is 3.12. The van der Waals surface area contributed by atoms with E-state index in [1.54, 1.807) is 13.8 Å². The van der Waals surface area contributed by atoms with Gasteiger partial charge in [-0.1, -0.05) is 0 Å². The fraction of sp³-hybridized carbons (Fsp3) is 0.318. The van der Waals surface area contributed by atoms with Gasteiger partial charge in [0.15, 0.2) is 5.70 Å². The summed E-state index contributed by atoms with van der Waals surface area (Å²) in [5, 5.41) is 0. The number of fused-ring (bicyclic) bond motifs is 2. The largest absolute Gasteiger partial charge is 0.737 e. The Morgan fingerprint density at radius 2 is 1.38 bits per heavy atom. The first-order chi connectivity index (χ1) is 13.4. The Balaban J connectivity index is 2.25. The van der Waals surface area contributed by atoms with E-state index in [9.17, 15) is 0 Å². The topological polar surface area (TPSA) is 7.94 Å². The maximum Gasteiger partial charge on any atom is 0.737 e. The smallest absolute Gasteiger partial charge is 0.393 e. The van der Waals surface area contributed by atoms with Crippen molar-refractivity contribution in [2.75, 3.05) is 0 Å². The van der Waals surface area contributed by atoms with Gasteiger partial charge in [-0.2, -0.15) is 0 Å². The molecule has 2 nitrogen and oxygen atoms in total. The Bertz CT molecular complexity index is 1190. The zero-order chi connectivity index (χ0) is 21.6. The second kappa shape index (κ2) is 6.77. The second-order valence-corrected chi connectivity index (χ2v) is 10.5. The van der Waals surface area contributed by atoms with E-state index in [0.717, 1.165) is 18.3 Å². The van der Waals surface area contributed by atoms with Crippen molar-refractivity contribution in [2.45, 2.75) is 48.5 Å². The number of aromatic nitrogens is 1. The summed E-state index contributed by atoms with van der Waals surface area (Å²) in [6.07, 6.45) is 1.92. The maximum absolute atomic E-state index is 15.8. The predicted octanol–water partition coefficient (Wildman–Crippen LogP) is 6.74. The number of halogens is 4. The summed E-state index contributed by atoms with van der Waals surface area (Å²) < 4.78 is 35.9. The lowest BCUT2D eigenvalue weighted by molar-refractivity contribution is -0.362. The summed E-state index contributed by atoms with van der Waals surface area (Å²) >= 11 is 4.34. The van der Waals surface area contributed by atoms with Crippen LogP contribution in [-0.2, 0) is 0 Å². The number of hydrogen-bond donors (Lipinski definition) is 0. The van der Waals surface area contributed by atoms with Crippen molar-refractivity contribution in [1.82, 2.24) is 4.48 Å². The minimum absolute atomic E-state index is 0.618. The van der Waals surface area contributed by atoms with Crippen LogP contribution in [0.5, 0.6) is 0 Å². The Kier molecular flexibility index (Phi) is 4.96. The molecule has 0 aliphatic carbocycles. The van der Waals surface area contributed by atoms with E-state index < -0.39 is 6.97 Å². The Hall–Kier alpha value is -0.965. The minimum Gasteiger partial charge on any atom is -0.393 e. The highest BCUT2D eigenvalue weighted by molar-refractivity contribution is 14.1. The summed E-state index contributed by atoms with van der Waals surface area (Å²) in [6.45, 7) is 10.3. The van der Waals surface area contributed by atoms with Gasteiger partial charge in [-0.05, 0) is 132 Å². The molecule has 0 atom stereocenters. The zero-order valence-corrected chi connectivity index (χ0v) is 22.0. The molecule has 2 aromatic rings. The molecule has 0 fully saturated rings. The van der Waals surface area contributed by atoms with Gasteiger partial charge in [0.1, 0.15) is 5.71 Å². The van der Waals surface area contributed by atoms with Crippen molar-refractivity contribution in [3.8, 4) is 0 Å². The predicted molar refractivity (Wildman–Crippen MR) is 134 cm³/mol. The molecule has 0 unspecified atom stereocenters. The second-order valence-electron chi connectivity index (χ2n) is 8.13. The molecular formula is C22H23BF2I2N2. The summed E-state index contributed by atoms with van der Waals surface area (Å²) in [6, 6.07) is 1.92. The molecule has 7 heteroatoms.